The Bertz CT molecular complexity index is 862. The van der Waals surface area contributed by atoms with Crippen molar-refractivity contribution in [3.05, 3.63) is 71.8 Å². The van der Waals surface area contributed by atoms with Crippen LogP contribution in [-0.4, -0.2) is 71.6 Å². The van der Waals surface area contributed by atoms with Crippen LogP contribution >= 0.6 is 0 Å². The van der Waals surface area contributed by atoms with Crippen LogP contribution in [0.5, 0.6) is 0 Å². The highest BCUT2D eigenvalue weighted by Gasteiger charge is 2.45. The monoisotopic (exact) mass is 431 g/mol. The van der Waals surface area contributed by atoms with E-state index < -0.39 is 55.3 Å². The molecule has 0 bridgehead atoms. The summed E-state index contributed by atoms with van der Waals surface area (Å²) in [6.45, 7) is -0.587. The Morgan fingerprint density at radius 3 is 2.29 bits per heavy atom. The molecule has 1 aliphatic rings. The van der Waals surface area contributed by atoms with E-state index in [2.05, 4.69) is 5.32 Å². The summed E-state index contributed by atoms with van der Waals surface area (Å²) in [5.74, 6) is -1.59. The first-order valence-corrected chi connectivity index (χ1v) is 9.77. The Kier molecular flexibility index (Phi) is 7.72. The lowest BCUT2D eigenvalue weighted by molar-refractivity contribution is -0.230. The van der Waals surface area contributed by atoms with Crippen molar-refractivity contribution >= 4 is 11.9 Å². The van der Waals surface area contributed by atoms with Crippen LogP contribution in [0.1, 0.15) is 22.0 Å². The number of likely N-dealkylation sites (N-methyl/N-ethyl adjacent to an activating group) is 1. The van der Waals surface area contributed by atoms with E-state index in [1.54, 1.807) is 49.5 Å². The van der Waals surface area contributed by atoms with Gasteiger partial charge in [0, 0.05) is 0 Å². The summed E-state index contributed by atoms with van der Waals surface area (Å²) in [6.07, 6.45) is -8.39. The fourth-order valence-electron chi connectivity index (χ4n) is 3.19. The first-order chi connectivity index (χ1) is 14.9. The van der Waals surface area contributed by atoms with Gasteiger partial charge < -0.3 is 29.5 Å². The smallest absolute Gasteiger partial charge is 0.338 e. The minimum atomic E-state index is -1.83. The topological polar surface area (TPSA) is 135 Å². The van der Waals surface area contributed by atoms with Gasteiger partial charge in [0.25, 0.3) is 0 Å². The van der Waals surface area contributed by atoms with Crippen molar-refractivity contribution in [2.24, 2.45) is 0 Å². The fourth-order valence-corrected chi connectivity index (χ4v) is 3.19. The average Bonchev–Trinajstić information content (AvgIpc) is 2.82. The number of nitrogens with one attached hydrogen (secondary N) is 1. The number of hydrogen-bond donors (Lipinski definition) is 4. The number of benzene rings is 2. The summed E-state index contributed by atoms with van der Waals surface area (Å²) in [5, 5.41) is 33.7. The highest BCUT2D eigenvalue weighted by molar-refractivity contribution is 5.89. The normalized spacial score (nSPS) is 24.0. The van der Waals surface area contributed by atoms with Crippen molar-refractivity contribution in [3.8, 4) is 0 Å². The minimum absolute atomic E-state index is 0.271. The molecule has 2 aromatic carbocycles. The summed E-state index contributed by atoms with van der Waals surface area (Å²) >= 11 is 0. The van der Waals surface area contributed by atoms with Gasteiger partial charge in [0.05, 0.1) is 5.56 Å². The Labute approximate surface area is 179 Å². The molecule has 0 radical (unpaired) electrons. The lowest BCUT2D eigenvalue weighted by Gasteiger charge is -2.38. The van der Waals surface area contributed by atoms with Crippen LogP contribution in [0, 0.1) is 0 Å². The zero-order valence-corrected chi connectivity index (χ0v) is 16.8. The summed E-state index contributed by atoms with van der Waals surface area (Å²) in [5.41, 5.74) is 0.962. The van der Waals surface area contributed by atoms with Gasteiger partial charge in [0.2, 0.25) is 0 Å². The second-order valence-electron chi connectivity index (χ2n) is 7.05. The van der Waals surface area contributed by atoms with E-state index in [0.29, 0.717) is 5.56 Å². The molecule has 6 unspecified atom stereocenters. The molecular weight excluding hydrogens is 406 g/mol. The van der Waals surface area contributed by atoms with E-state index in [4.69, 9.17) is 14.2 Å². The van der Waals surface area contributed by atoms with E-state index in [1.165, 1.54) is 12.1 Å². The number of esters is 2. The molecule has 31 heavy (non-hydrogen) atoms. The standard InChI is InChI=1S/C22H25NO8/c1-23-20-18(13-8-4-2-5-9-13)31-22(28)19(30-20)17(26)16(25)15(24)12-29-21(27)14-10-6-3-7-11-14/h2-11,15-20,23-26H,12H2,1H3. The van der Waals surface area contributed by atoms with Crippen molar-refractivity contribution in [1.82, 2.24) is 5.32 Å². The SMILES string of the molecule is CNC1OC(C(O)C(O)C(O)COC(=O)c2ccccc2)C(=O)OC1c1ccccc1. The van der Waals surface area contributed by atoms with Crippen molar-refractivity contribution in [2.75, 3.05) is 13.7 Å². The molecule has 6 atom stereocenters. The van der Waals surface area contributed by atoms with Gasteiger partial charge in [-0.2, -0.15) is 0 Å². The van der Waals surface area contributed by atoms with Gasteiger partial charge in [-0.05, 0) is 24.7 Å². The molecule has 9 nitrogen and oxygen atoms in total. The first-order valence-electron chi connectivity index (χ1n) is 9.77. The van der Waals surface area contributed by atoms with Crippen LogP contribution in [-0.2, 0) is 19.0 Å². The van der Waals surface area contributed by atoms with Gasteiger partial charge in [-0.15, -0.1) is 0 Å². The zero-order valence-electron chi connectivity index (χ0n) is 16.8. The molecule has 4 N–H and O–H groups in total. The third kappa shape index (κ3) is 5.46. The lowest BCUT2D eigenvalue weighted by Crippen LogP contribution is -2.57. The molecular formula is C22H25NO8. The fraction of sp³-hybridized carbons (Fsp3) is 0.364. The third-order valence-electron chi connectivity index (χ3n) is 4.91. The molecule has 0 aliphatic carbocycles. The van der Waals surface area contributed by atoms with Gasteiger partial charge >= 0.3 is 11.9 Å². The summed E-state index contributed by atoms with van der Waals surface area (Å²) < 4.78 is 16.0. The van der Waals surface area contributed by atoms with E-state index in [9.17, 15) is 24.9 Å². The number of carbonyl (C=O) groups is 2. The molecule has 0 spiro atoms. The maximum absolute atomic E-state index is 12.4. The predicted octanol–water partition coefficient (Wildman–Crippen LogP) is 0.155. The number of aliphatic hydroxyl groups is 3. The molecule has 0 saturated carbocycles. The number of carbonyl (C=O) groups excluding carboxylic acids is 2. The van der Waals surface area contributed by atoms with Crippen LogP contribution in [0.4, 0.5) is 0 Å². The Morgan fingerprint density at radius 2 is 1.68 bits per heavy atom. The van der Waals surface area contributed by atoms with E-state index in [0.717, 1.165) is 0 Å². The van der Waals surface area contributed by atoms with Crippen LogP contribution < -0.4 is 5.32 Å². The molecule has 1 aliphatic heterocycles. The van der Waals surface area contributed by atoms with Crippen molar-refractivity contribution in [2.45, 2.75) is 36.7 Å². The third-order valence-corrected chi connectivity index (χ3v) is 4.91. The summed E-state index contributed by atoms with van der Waals surface area (Å²) in [7, 11) is 1.59. The van der Waals surface area contributed by atoms with E-state index in [1.807, 2.05) is 6.07 Å². The van der Waals surface area contributed by atoms with Crippen molar-refractivity contribution in [1.29, 1.82) is 0 Å². The van der Waals surface area contributed by atoms with Gasteiger partial charge in [0.15, 0.2) is 18.4 Å². The number of rotatable bonds is 8. The number of aliphatic hydroxyl groups excluding tert-OH is 3. The molecule has 9 heteroatoms. The molecule has 166 valence electrons. The average molecular weight is 431 g/mol. The Balaban J connectivity index is 1.60. The first kappa shape index (κ1) is 22.9. The lowest BCUT2D eigenvalue weighted by atomic mass is 10.0. The Morgan fingerprint density at radius 1 is 1.06 bits per heavy atom. The van der Waals surface area contributed by atoms with Gasteiger partial charge in [-0.3, -0.25) is 5.32 Å². The van der Waals surface area contributed by atoms with Crippen LogP contribution in [0.2, 0.25) is 0 Å². The van der Waals surface area contributed by atoms with Crippen LogP contribution in [0.15, 0.2) is 60.7 Å². The summed E-state index contributed by atoms with van der Waals surface area (Å²) in [4.78, 5) is 24.4. The van der Waals surface area contributed by atoms with Crippen LogP contribution in [0.3, 0.4) is 0 Å². The molecule has 0 amide bonds. The number of ether oxygens (including phenoxy) is 3. The largest absolute Gasteiger partial charge is 0.459 e. The Hall–Kier alpha value is -2.82. The van der Waals surface area contributed by atoms with Crippen molar-refractivity contribution in [3.63, 3.8) is 0 Å². The second kappa shape index (κ2) is 10.5. The van der Waals surface area contributed by atoms with Gasteiger partial charge in [0.1, 0.15) is 24.9 Å². The van der Waals surface area contributed by atoms with Crippen LogP contribution in [0.25, 0.3) is 0 Å². The maximum Gasteiger partial charge on any atom is 0.338 e. The van der Waals surface area contributed by atoms with Gasteiger partial charge in [-0.25, -0.2) is 9.59 Å². The molecule has 3 rings (SSSR count). The predicted molar refractivity (Wildman–Crippen MR) is 108 cm³/mol. The second-order valence-corrected chi connectivity index (χ2v) is 7.05. The zero-order chi connectivity index (χ0) is 22.4. The maximum atomic E-state index is 12.4. The minimum Gasteiger partial charge on any atom is -0.459 e. The van der Waals surface area contributed by atoms with E-state index >= 15 is 0 Å². The summed E-state index contributed by atoms with van der Waals surface area (Å²) in [6, 6.07) is 17.0. The molecule has 2 aromatic rings. The van der Waals surface area contributed by atoms with E-state index in [-0.39, 0.29) is 5.56 Å². The van der Waals surface area contributed by atoms with Crippen molar-refractivity contribution < 1.29 is 39.1 Å². The van der Waals surface area contributed by atoms with Gasteiger partial charge in [-0.1, -0.05) is 48.5 Å². The number of hydrogen-bond acceptors (Lipinski definition) is 9. The molecule has 1 fully saturated rings. The highest BCUT2D eigenvalue weighted by atomic mass is 16.6. The molecule has 0 aromatic heterocycles. The quantitative estimate of drug-likeness (QED) is 0.431. The molecule has 1 saturated heterocycles. The highest BCUT2D eigenvalue weighted by Crippen LogP contribution is 2.30. The number of cyclic esters (lactones) is 1. The molecule has 1 heterocycles.